The van der Waals surface area contributed by atoms with Crippen LogP contribution in [0.25, 0.3) is 0 Å². The number of aryl methyl sites for hydroxylation is 2. The molecular formula is C16H16N2S. The molecule has 0 aliphatic carbocycles. The summed E-state index contributed by atoms with van der Waals surface area (Å²) in [7, 11) is 0. The van der Waals surface area contributed by atoms with E-state index in [0.717, 1.165) is 10.5 Å². The van der Waals surface area contributed by atoms with Crippen LogP contribution in [-0.4, -0.2) is 0 Å². The molecule has 2 N–H and O–H groups in total. The smallest absolute Gasteiger partial charge is 0.100 e. The van der Waals surface area contributed by atoms with Gasteiger partial charge in [-0.1, -0.05) is 35.5 Å². The average Bonchev–Trinajstić information content (AvgIpc) is 2.42. The first-order chi connectivity index (χ1) is 9.13. The Labute approximate surface area is 118 Å². The number of nitrogens with two attached hydrogens (primary N) is 1. The van der Waals surface area contributed by atoms with Gasteiger partial charge in [-0.05, 0) is 43.2 Å². The Morgan fingerprint density at radius 3 is 2.47 bits per heavy atom. The first-order valence-corrected chi connectivity index (χ1v) is 6.94. The predicted octanol–water partition coefficient (Wildman–Crippen LogP) is 3.79. The summed E-state index contributed by atoms with van der Waals surface area (Å²) in [6.07, 6.45) is 0. The van der Waals surface area contributed by atoms with E-state index in [2.05, 4.69) is 38.1 Å². The zero-order valence-electron chi connectivity index (χ0n) is 11.1. The molecule has 0 aliphatic heterocycles. The third-order valence-electron chi connectivity index (χ3n) is 2.95. The van der Waals surface area contributed by atoms with Crippen molar-refractivity contribution >= 4 is 11.8 Å². The topological polar surface area (TPSA) is 49.8 Å². The molecule has 0 spiro atoms. The fraction of sp³-hybridized carbons (Fsp3) is 0.188. The molecule has 2 rings (SSSR count). The number of benzene rings is 2. The van der Waals surface area contributed by atoms with E-state index < -0.39 is 0 Å². The van der Waals surface area contributed by atoms with E-state index in [9.17, 15) is 5.26 Å². The van der Waals surface area contributed by atoms with Crippen LogP contribution in [0, 0.1) is 25.2 Å². The van der Waals surface area contributed by atoms with Crippen molar-refractivity contribution in [3.8, 4) is 6.07 Å². The number of nitriles is 1. The molecule has 0 heterocycles. The monoisotopic (exact) mass is 268 g/mol. The van der Waals surface area contributed by atoms with Crippen LogP contribution in [0.4, 0.5) is 0 Å². The highest BCUT2D eigenvalue weighted by Gasteiger charge is 2.07. The first-order valence-electron chi connectivity index (χ1n) is 6.12. The van der Waals surface area contributed by atoms with Gasteiger partial charge in [0.25, 0.3) is 0 Å². The SMILES string of the molecule is Cc1ccc(Sc2ccc(CN)cc2C#N)c(C)c1. The van der Waals surface area contributed by atoms with E-state index >= 15 is 0 Å². The molecule has 0 unspecified atom stereocenters. The van der Waals surface area contributed by atoms with Crippen LogP contribution in [0.2, 0.25) is 0 Å². The molecule has 0 aliphatic rings. The minimum absolute atomic E-state index is 0.461. The Balaban J connectivity index is 2.35. The second-order valence-electron chi connectivity index (χ2n) is 4.52. The second kappa shape index (κ2) is 5.92. The molecule has 0 radical (unpaired) electrons. The zero-order valence-corrected chi connectivity index (χ0v) is 11.9. The van der Waals surface area contributed by atoms with Crippen molar-refractivity contribution in [3.63, 3.8) is 0 Å². The minimum Gasteiger partial charge on any atom is -0.326 e. The van der Waals surface area contributed by atoms with E-state index in [-0.39, 0.29) is 0 Å². The normalized spacial score (nSPS) is 10.2. The van der Waals surface area contributed by atoms with Gasteiger partial charge in [-0.25, -0.2) is 0 Å². The summed E-state index contributed by atoms with van der Waals surface area (Å²) in [6.45, 7) is 4.64. The lowest BCUT2D eigenvalue weighted by molar-refractivity contribution is 1.06. The first kappa shape index (κ1) is 13.7. The molecule has 0 atom stereocenters. The molecule has 0 bridgehead atoms. The average molecular weight is 268 g/mol. The summed E-state index contributed by atoms with van der Waals surface area (Å²) in [6, 6.07) is 14.4. The summed E-state index contributed by atoms with van der Waals surface area (Å²) >= 11 is 1.63. The lowest BCUT2D eigenvalue weighted by atomic mass is 10.1. The van der Waals surface area contributed by atoms with Gasteiger partial charge in [-0.2, -0.15) is 5.26 Å². The summed E-state index contributed by atoms with van der Waals surface area (Å²) in [5, 5.41) is 9.23. The maximum absolute atomic E-state index is 9.23. The third kappa shape index (κ3) is 3.17. The van der Waals surface area contributed by atoms with Gasteiger partial charge in [0.2, 0.25) is 0 Å². The van der Waals surface area contributed by atoms with Crippen LogP contribution in [0.5, 0.6) is 0 Å². The fourth-order valence-electron chi connectivity index (χ4n) is 1.91. The number of rotatable bonds is 3. The van der Waals surface area contributed by atoms with Crippen molar-refractivity contribution in [2.75, 3.05) is 0 Å². The molecule has 19 heavy (non-hydrogen) atoms. The maximum atomic E-state index is 9.23. The van der Waals surface area contributed by atoms with Gasteiger partial charge in [-0.3, -0.25) is 0 Å². The van der Waals surface area contributed by atoms with E-state index in [1.807, 2.05) is 18.2 Å². The second-order valence-corrected chi connectivity index (χ2v) is 5.60. The van der Waals surface area contributed by atoms with Crippen LogP contribution in [0.3, 0.4) is 0 Å². The van der Waals surface area contributed by atoms with Crippen LogP contribution < -0.4 is 5.73 Å². The largest absolute Gasteiger partial charge is 0.326 e. The van der Waals surface area contributed by atoms with Crippen molar-refractivity contribution in [1.29, 1.82) is 5.26 Å². The van der Waals surface area contributed by atoms with Crippen molar-refractivity contribution in [2.45, 2.75) is 30.2 Å². The lowest BCUT2D eigenvalue weighted by Gasteiger charge is -2.09. The Morgan fingerprint density at radius 2 is 1.84 bits per heavy atom. The van der Waals surface area contributed by atoms with Gasteiger partial charge in [0, 0.05) is 16.3 Å². The number of hydrogen-bond donors (Lipinski definition) is 1. The molecule has 0 amide bonds. The minimum atomic E-state index is 0.461. The van der Waals surface area contributed by atoms with Gasteiger partial charge in [-0.15, -0.1) is 0 Å². The van der Waals surface area contributed by atoms with Crippen molar-refractivity contribution in [3.05, 3.63) is 58.7 Å². The van der Waals surface area contributed by atoms with Gasteiger partial charge in [0.05, 0.1) is 5.56 Å². The lowest BCUT2D eigenvalue weighted by Crippen LogP contribution is -1.97. The van der Waals surface area contributed by atoms with E-state index in [4.69, 9.17) is 5.73 Å². The molecule has 2 aromatic carbocycles. The van der Waals surface area contributed by atoms with Crippen molar-refractivity contribution in [2.24, 2.45) is 5.73 Å². The van der Waals surface area contributed by atoms with E-state index in [0.29, 0.717) is 12.1 Å². The van der Waals surface area contributed by atoms with Gasteiger partial charge < -0.3 is 5.73 Å². The van der Waals surface area contributed by atoms with Gasteiger partial charge in [0.15, 0.2) is 0 Å². The molecule has 0 aromatic heterocycles. The Hall–Kier alpha value is -1.76. The molecule has 2 aromatic rings. The van der Waals surface area contributed by atoms with Crippen LogP contribution in [0.1, 0.15) is 22.3 Å². The van der Waals surface area contributed by atoms with Crippen molar-refractivity contribution < 1.29 is 0 Å². The number of nitrogens with zero attached hydrogens (tertiary/aromatic N) is 1. The molecule has 0 saturated heterocycles. The van der Waals surface area contributed by atoms with Crippen LogP contribution in [0.15, 0.2) is 46.2 Å². The predicted molar refractivity (Wildman–Crippen MR) is 79.1 cm³/mol. The van der Waals surface area contributed by atoms with E-state index in [1.165, 1.54) is 16.0 Å². The summed E-state index contributed by atoms with van der Waals surface area (Å²) in [4.78, 5) is 2.16. The van der Waals surface area contributed by atoms with Crippen LogP contribution >= 0.6 is 11.8 Å². The highest BCUT2D eigenvalue weighted by atomic mass is 32.2. The van der Waals surface area contributed by atoms with Crippen LogP contribution in [-0.2, 0) is 6.54 Å². The Kier molecular flexibility index (Phi) is 4.26. The summed E-state index contributed by atoms with van der Waals surface area (Å²) in [5.74, 6) is 0. The molecule has 3 heteroatoms. The molecular weight excluding hydrogens is 252 g/mol. The molecule has 0 saturated carbocycles. The van der Waals surface area contributed by atoms with Crippen molar-refractivity contribution in [1.82, 2.24) is 0 Å². The quantitative estimate of drug-likeness (QED) is 0.921. The highest BCUT2D eigenvalue weighted by molar-refractivity contribution is 7.99. The van der Waals surface area contributed by atoms with Gasteiger partial charge >= 0.3 is 0 Å². The third-order valence-corrected chi connectivity index (χ3v) is 4.20. The Bertz CT molecular complexity index is 642. The zero-order chi connectivity index (χ0) is 13.8. The summed E-state index contributed by atoms with van der Waals surface area (Å²) < 4.78 is 0. The van der Waals surface area contributed by atoms with Gasteiger partial charge in [0.1, 0.15) is 6.07 Å². The number of hydrogen-bond acceptors (Lipinski definition) is 3. The highest BCUT2D eigenvalue weighted by Crippen LogP contribution is 2.33. The fourth-order valence-corrected chi connectivity index (χ4v) is 2.86. The molecule has 2 nitrogen and oxygen atoms in total. The standard InChI is InChI=1S/C16H16N2S/c1-11-3-5-15(12(2)7-11)19-16-6-4-13(9-17)8-14(16)10-18/h3-8H,9,17H2,1-2H3. The summed E-state index contributed by atoms with van der Waals surface area (Å²) in [5.41, 5.74) is 9.76. The molecule has 0 fully saturated rings. The Morgan fingerprint density at radius 1 is 1.11 bits per heavy atom. The van der Waals surface area contributed by atoms with E-state index in [1.54, 1.807) is 11.8 Å². The molecule has 96 valence electrons. The maximum Gasteiger partial charge on any atom is 0.100 e.